The molecule has 1 heterocycles. The van der Waals surface area contributed by atoms with Gasteiger partial charge in [0.1, 0.15) is 0 Å². The molecule has 2 atom stereocenters. The van der Waals surface area contributed by atoms with Gasteiger partial charge in [-0.25, -0.2) is 4.39 Å². The summed E-state index contributed by atoms with van der Waals surface area (Å²) in [6, 6.07) is 0.467. The van der Waals surface area contributed by atoms with E-state index in [0.717, 1.165) is 19.5 Å². The summed E-state index contributed by atoms with van der Waals surface area (Å²) in [5, 5.41) is 0. The standard InChI is InChI=1S/C9H16FNO/c1-7(2)11-4-3-8(5-11)9(10)6-12/h6-9H,3-5H2,1-2H3. The maximum absolute atomic E-state index is 12.9. The van der Waals surface area contributed by atoms with Crippen LogP contribution in [0, 0.1) is 5.92 Å². The molecule has 0 amide bonds. The molecule has 0 spiro atoms. The SMILES string of the molecule is CC(C)N1CCC(C(F)C=O)C1. The predicted molar refractivity (Wildman–Crippen MR) is 45.8 cm³/mol. The van der Waals surface area contributed by atoms with Crippen molar-refractivity contribution in [2.75, 3.05) is 13.1 Å². The van der Waals surface area contributed by atoms with E-state index in [9.17, 15) is 9.18 Å². The van der Waals surface area contributed by atoms with Gasteiger partial charge in [-0.15, -0.1) is 0 Å². The van der Waals surface area contributed by atoms with Gasteiger partial charge in [-0.1, -0.05) is 0 Å². The second kappa shape index (κ2) is 3.99. The summed E-state index contributed by atoms with van der Waals surface area (Å²) in [6.45, 7) is 5.85. The molecule has 1 aliphatic heterocycles. The van der Waals surface area contributed by atoms with Gasteiger partial charge in [0.25, 0.3) is 0 Å². The number of alkyl halides is 1. The van der Waals surface area contributed by atoms with Crippen molar-refractivity contribution in [2.24, 2.45) is 5.92 Å². The number of likely N-dealkylation sites (tertiary alicyclic amines) is 1. The van der Waals surface area contributed by atoms with Gasteiger partial charge in [-0.2, -0.15) is 0 Å². The summed E-state index contributed by atoms with van der Waals surface area (Å²) >= 11 is 0. The molecular formula is C9H16FNO. The van der Waals surface area contributed by atoms with Gasteiger partial charge in [0.2, 0.25) is 0 Å². The van der Waals surface area contributed by atoms with Crippen LogP contribution in [0.15, 0.2) is 0 Å². The predicted octanol–water partition coefficient (Wildman–Crippen LogP) is 1.25. The lowest BCUT2D eigenvalue weighted by atomic mass is 10.0. The first-order valence-corrected chi connectivity index (χ1v) is 4.48. The van der Waals surface area contributed by atoms with Gasteiger partial charge in [-0.05, 0) is 26.8 Å². The van der Waals surface area contributed by atoms with Crippen molar-refractivity contribution in [3.05, 3.63) is 0 Å². The van der Waals surface area contributed by atoms with E-state index in [0.29, 0.717) is 12.3 Å². The molecule has 1 aliphatic rings. The molecule has 0 radical (unpaired) electrons. The molecule has 2 nitrogen and oxygen atoms in total. The molecule has 0 aromatic rings. The Labute approximate surface area is 72.7 Å². The van der Waals surface area contributed by atoms with Crippen molar-refractivity contribution in [2.45, 2.75) is 32.5 Å². The monoisotopic (exact) mass is 173 g/mol. The van der Waals surface area contributed by atoms with Crippen LogP contribution in [0.25, 0.3) is 0 Å². The Morgan fingerprint density at radius 1 is 1.58 bits per heavy atom. The number of hydrogen-bond donors (Lipinski definition) is 0. The summed E-state index contributed by atoms with van der Waals surface area (Å²) < 4.78 is 12.9. The molecule has 3 heteroatoms. The Morgan fingerprint density at radius 2 is 2.25 bits per heavy atom. The number of rotatable bonds is 3. The summed E-state index contributed by atoms with van der Waals surface area (Å²) in [6.07, 6.45) is -0.0131. The largest absolute Gasteiger partial charge is 0.301 e. The van der Waals surface area contributed by atoms with Crippen molar-refractivity contribution < 1.29 is 9.18 Å². The third-order valence-corrected chi connectivity index (χ3v) is 2.57. The van der Waals surface area contributed by atoms with Gasteiger partial charge in [-0.3, -0.25) is 0 Å². The zero-order chi connectivity index (χ0) is 9.14. The number of carbonyl (C=O) groups excluding carboxylic acids is 1. The Morgan fingerprint density at radius 3 is 2.67 bits per heavy atom. The smallest absolute Gasteiger partial charge is 0.159 e. The zero-order valence-electron chi connectivity index (χ0n) is 7.66. The lowest BCUT2D eigenvalue weighted by Crippen LogP contribution is -2.30. The molecule has 0 saturated carbocycles. The zero-order valence-corrected chi connectivity index (χ0v) is 7.66. The molecule has 1 rings (SSSR count). The van der Waals surface area contributed by atoms with Crippen LogP contribution in [0.1, 0.15) is 20.3 Å². The highest BCUT2D eigenvalue weighted by Crippen LogP contribution is 2.22. The molecule has 2 unspecified atom stereocenters. The Hall–Kier alpha value is -0.440. The van der Waals surface area contributed by atoms with Gasteiger partial charge in [0, 0.05) is 18.5 Å². The average molecular weight is 173 g/mol. The molecule has 0 bridgehead atoms. The molecule has 12 heavy (non-hydrogen) atoms. The molecule has 0 aromatic carbocycles. The fourth-order valence-electron chi connectivity index (χ4n) is 1.66. The van der Waals surface area contributed by atoms with Crippen molar-refractivity contribution in [1.29, 1.82) is 0 Å². The first-order chi connectivity index (χ1) is 5.65. The maximum Gasteiger partial charge on any atom is 0.159 e. The van der Waals surface area contributed by atoms with Gasteiger partial charge in [0.15, 0.2) is 12.5 Å². The Kier molecular flexibility index (Phi) is 3.20. The van der Waals surface area contributed by atoms with Crippen LogP contribution in [0.3, 0.4) is 0 Å². The summed E-state index contributed by atoms with van der Waals surface area (Å²) in [7, 11) is 0. The van der Waals surface area contributed by atoms with Crippen LogP contribution in [0.4, 0.5) is 4.39 Å². The van der Waals surface area contributed by atoms with E-state index in [1.54, 1.807) is 0 Å². The molecule has 0 aliphatic carbocycles. The fourth-order valence-corrected chi connectivity index (χ4v) is 1.66. The highest BCUT2D eigenvalue weighted by atomic mass is 19.1. The Bertz CT molecular complexity index is 161. The van der Waals surface area contributed by atoms with Crippen molar-refractivity contribution >= 4 is 6.29 Å². The second-order valence-electron chi connectivity index (χ2n) is 3.72. The highest BCUT2D eigenvalue weighted by molar-refractivity contribution is 5.56. The van der Waals surface area contributed by atoms with Crippen molar-refractivity contribution in [3.8, 4) is 0 Å². The van der Waals surface area contributed by atoms with Crippen molar-refractivity contribution in [3.63, 3.8) is 0 Å². The van der Waals surface area contributed by atoms with Gasteiger partial charge in [0.05, 0.1) is 0 Å². The normalized spacial score (nSPS) is 27.8. The molecule has 0 N–H and O–H groups in total. The third-order valence-electron chi connectivity index (χ3n) is 2.57. The average Bonchev–Trinajstić information content (AvgIpc) is 2.51. The van der Waals surface area contributed by atoms with Gasteiger partial charge < -0.3 is 9.69 Å². The quantitative estimate of drug-likeness (QED) is 0.599. The molecular weight excluding hydrogens is 157 g/mol. The molecule has 1 fully saturated rings. The molecule has 0 aromatic heterocycles. The highest BCUT2D eigenvalue weighted by Gasteiger charge is 2.30. The number of hydrogen-bond acceptors (Lipinski definition) is 2. The van der Waals surface area contributed by atoms with Crippen LogP contribution in [0.5, 0.6) is 0 Å². The fraction of sp³-hybridized carbons (Fsp3) is 0.889. The van der Waals surface area contributed by atoms with Crippen LogP contribution in [-0.2, 0) is 4.79 Å². The first-order valence-electron chi connectivity index (χ1n) is 4.48. The number of carbonyl (C=O) groups is 1. The van der Waals surface area contributed by atoms with Gasteiger partial charge >= 0.3 is 0 Å². The van der Waals surface area contributed by atoms with Crippen LogP contribution >= 0.6 is 0 Å². The van der Waals surface area contributed by atoms with Crippen molar-refractivity contribution in [1.82, 2.24) is 4.90 Å². The lowest BCUT2D eigenvalue weighted by Gasteiger charge is -2.20. The third kappa shape index (κ3) is 2.03. The maximum atomic E-state index is 12.9. The van der Waals surface area contributed by atoms with E-state index >= 15 is 0 Å². The summed E-state index contributed by atoms with van der Waals surface area (Å²) in [5.41, 5.74) is 0. The topological polar surface area (TPSA) is 20.3 Å². The summed E-state index contributed by atoms with van der Waals surface area (Å²) in [5.74, 6) is -0.0649. The number of halogens is 1. The second-order valence-corrected chi connectivity index (χ2v) is 3.72. The summed E-state index contributed by atoms with van der Waals surface area (Å²) in [4.78, 5) is 12.4. The minimum absolute atomic E-state index is 0.0649. The number of aldehydes is 1. The Balaban J connectivity index is 2.40. The number of nitrogens with zero attached hydrogens (tertiary/aromatic N) is 1. The van der Waals surface area contributed by atoms with E-state index in [1.165, 1.54) is 0 Å². The van der Waals surface area contributed by atoms with Crippen LogP contribution in [-0.4, -0.2) is 36.5 Å². The lowest BCUT2D eigenvalue weighted by molar-refractivity contribution is -0.113. The molecule has 1 saturated heterocycles. The van der Waals surface area contributed by atoms with Crippen LogP contribution < -0.4 is 0 Å². The van der Waals surface area contributed by atoms with E-state index in [2.05, 4.69) is 18.7 Å². The van der Waals surface area contributed by atoms with E-state index < -0.39 is 6.17 Å². The van der Waals surface area contributed by atoms with E-state index in [1.807, 2.05) is 0 Å². The van der Waals surface area contributed by atoms with E-state index in [4.69, 9.17) is 0 Å². The van der Waals surface area contributed by atoms with Crippen LogP contribution in [0.2, 0.25) is 0 Å². The first kappa shape index (κ1) is 9.65. The van der Waals surface area contributed by atoms with E-state index in [-0.39, 0.29) is 5.92 Å². The minimum atomic E-state index is -1.26. The minimum Gasteiger partial charge on any atom is -0.301 e. The molecule has 70 valence electrons.